The number of nitrogens with two attached hydrogens (primary N) is 6. The maximum atomic E-state index is 12.9. The molecule has 14 aliphatic rings. The number of ether oxygens (including phenoxy) is 15. The van der Waals surface area contributed by atoms with E-state index in [1.165, 1.54) is 31.6 Å². The zero-order chi connectivity index (χ0) is 91.7. The zero-order valence-electron chi connectivity index (χ0n) is 75.0. The first-order valence-corrected chi connectivity index (χ1v) is 44.9. The van der Waals surface area contributed by atoms with Crippen molar-refractivity contribution < 1.29 is 80.6 Å². The minimum absolute atomic E-state index is 0.0784. The number of halogens is 1. The second-order valence-electron chi connectivity index (χ2n) is 40.3. The van der Waals surface area contributed by atoms with Crippen molar-refractivity contribution in [2.24, 2.45) is 34.6 Å². The molecule has 0 bridgehead atoms. The fraction of sp³-hybridized carbons (Fsp3) is 0.621. The molecule has 12 N–H and O–H groups in total. The van der Waals surface area contributed by atoms with Gasteiger partial charge in [-0.15, -0.1) is 0 Å². The van der Waals surface area contributed by atoms with Gasteiger partial charge in [0, 0.05) is 30.8 Å². The maximum Gasteiger partial charge on any atom is 0.338 e. The van der Waals surface area contributed by atoms with Crippen LogP contribution in [0.25, 0.3) is 55.8 Å². The monoisotopic (exact) mass is 1820 g/mol. The largest absolute Gasteiger partial charge is 0.459 e. The fourth-order valence-electron chi connectivity index (χ4n) is 22.1. The minimum Gasteiger partial charge on any atom is -0.459 e. The SMILES string of the molecule is CC1(C)OC2[C@H](O1)[C@H](n1cnc3c(N)ncnc31)OC21CC(N)C1.CC1(C)OC2[C@H](O1)[C@H](n1cnc3c(N)ncnc31)OC21CC(N)C1.CC1CC2(C1)O[C@@H](n1cnc3c(N)ncnc31)[C@H]1OC(C)(C)OC12.CC1CC2(C1)O[C@@H](n1cnc3c(N)ncnc31)[C@H]1OC(C)(C)OC12.C[C@H]1[C@@H](OC(=O)C(C)(C)C)[C@H](n2cnc3c(Cl)ncnc32)OC12CC(OC(=O)c1ccccc1)C2. The molecule has 43 nitrogen and oxygen atoms in total. The van der Waals surface area contributed by atoms with Gasteiger partial charge in [-0.2, -0.15) is 0 Å². The molecule has 9 saturated heterocycles. The first-order chi connectivity index (χ1) is 62.1. The average molecular weight is 1830 g/mol. The van der Waals surface area contributed by atoms with Crippen LogP contribution in [0.3, 0.4) is 0 Å². The van der Waals surface area contributed by atoms with E-state index in [0.29, 0.717) is 109 Å². The molecule has 10 aromatic heterocycles. The Balaban J connectivity index is 0.0000000997. The number of nitrogens with zero attached hydrogens (tertiary/aromatic N) is 20. The molecule has 0 amide bonds. The van der Waals surface area contributed by atoms with E-state index < -0.39 is 57.7 Å². The zero-order valence-corrected chi connectivity index (χ0v) is 75.8. The summed E-state index contributed by atoms with van der Waals surface area (Å²) in [5.41, 5.74) is 39.2. The van der Waals surface area contributed by atoms with Crippen LogP contribution in [0.5, 0.6) is 0 Å². The lowest BCUT2D eigenvalue weighted by molar-refractivity contribution is -0.243. The van der Waals surface area contributed by atoms with Crippen molar-refractivity contribution in [3.63, 3.8) is 0 Å². The molecule has 15 atom stereocenters. The van der Waals surface area contributed by atoms with Gasteiger partial charge in [0.15, 0.2) is 117 Å². The molecule has 1 aromatic carbocycles. The van der Waals surface area contributed by atoms with E-state index in [0.717, 1.165) is 51.4 Å². The third kappa shape index (κ3) is 14.7. The van der Waals surface area contributed by atoms with Crippen LogP contribution in [0, 0.1) is 23.2 Å². The van der Waals surface area contributed by atoms with Crippen LogP contribution in [0.2, 0.25) is 5.15 Å². The van der Waals surface area contributed by atoms with Crippen molar-refractivity contribution in [3.05, 3.63) is 104 Å². The van der Waals surface area contributed by atoms with Crippen LogP contribution in [0.1, 0.15) is 203 Å². The van der Waals surface area contributed by atoms with Gasteiger partial charge in [0.1, 0.15) is 137 Å². The van der Waals surface area contributed by atoms with Crippen molar-refractivity contribution in [2.45, 2.75) is 317 Å². The molecular weight excluding hydrogens is 1720 g/mol. The summed E-state index contributed by atoms with van der Waals surface area (Å²) in [5.74, 6) is -0.727. The minimum atomic E-state index is -0.685. The quantitative estimate of drug-likeness (QED) is 0.0615. The molecule has 25 rings (SSSR count). The van der Waals surface area contributed by atoms with Gasteiger partial charge in [-0.1, -0.05) is 50.6 Å². The lowest BCUT2D eigenvalue weighted by Gasteiger charge is -2.46. The van der Waals surface area contributed by atoms with Crippen molar-refractivity contribution in [1.82, 2.24) is 97.6 Å². The van der Waals surface area contributed by atoms with E-state index in [1.807, 2.05) is 107 Å². The van der Waals surface area contributed by atoms with Crippen LogP contribution >= 0.6 is 11.6 Å². The van der Waals surface area contributed by atoms with E-state index in [-0.39, 0.29) is 126 Å². The normalized spacial score (nSPS) is 36.9. The predicted octanol–water partition coefficient (Wildman–Crippen LogP) is 8.25. The van der Waals surface area contributed by atoms with E-state index in [1.54, 1.807) is 60.5 Å². The van der Waals surface area contributed by atoms with E-state index in [2.05, 4.69) is 88.6 Å². The van der Waals surface area contributed by atoms with E-state index in [4.69, 9.17) is 117 Å². The lowest BCUT2D eigenvalue weighted by Crippen LogP contribution is -2.58. The Morgan fingerprint density at radius 1 is 0.374 bits per heavy atom. The Kier molecular flexibility index (Phi) is 20.6. The van der Waals surface area contributed by atoms with Gasteiger partial charge in [0.2, 0.25) is 0 Å². The molecule has 5 aliphatic carbocycles. The number of hydrogen-bond donors (Lipinski definition) is 6. The van der Waals surface area contributed by atoms with Crippen LogP contribution < -0.4 is 34.4 Å². The van der Waals surface area contributed by atoms with Gasteiger partial charge in [-0.3, -0.25) is 27.6 Å². The number of rotatable bonds is 8. The Morgan fingerprint density at radius 2 is 0.672 bits per heavy atom. The van der Waals surface area contributed by atoms with Crippen molar-refractivity contribution >= 4 is 103 Å². The summed E-state index contributed by atoms with van der Waals surface area (Å²) in [4.78, 5) is 88.7. The number of imidazole rings is 5. The lowest BCUT2D eigenvalue weighted by atomic mass is 9.69. The molecule has 0 radical (unpaired) electrons. The molecule has 19 heterocycles. The molecule has 131 heavy (non-hydrogen) atoms. The van der Waals surface area contributed by atoms with Gasteiger partial charge >= 0.3 is 11.9 Å². The standard InChI is InChI=1S/C25H27ClN4O5.2C16H21N5O3.2C15H20N6O3/c1-14-18(34-23(32)24(2,3)4)21(30-13-29-17-19(26)27-12-28-20(17)30)35-25(14)10-16(11-25)33-22(31)15-8-6-5-7-9-15;2*1-8-4-16(5-8)11-10(22-15(2,3)23-11)14(24-16)21-7-20-9-12(17)18-6-19-13(9)21;2*1-14(2)22-9-10(23-14)15(3-7(16)4-15)24-13(9)21-6-20-8-11(17)18-5-19-12(8)21/h5-9,12-14,16,18,21H,10-11H2,1-4H3;2*6-8,10-11,14H,4-5H2,1-3H3,(H2,17,18,19);2*5-7,9-10,13H,3-4,16H2,1-2H3,(H2,17,18,19)/t14-,16?,18+,21+,25?;2*8?,10-,11?,14+,16?;2*7?,9-,10?,13+,15?/m00000/s1. The second kappa shape index (κ2) is 30.9. The molecule has 5 spiro atoms. The Hall–Kier alpha value is -10.2. The molecule has 696 valence electrons. The second-order valence-corrected chi connectivity index (χ2v) is 40.7. The summed E-state index contributed by atoms with van der Waals surface area (Å²) in [5, 5.41) is 0.231. The summed E-state index contributed by atoms with van der Waals surface area (Å²) in [7, 11) is 0. The number of anilines is 4. The maximum absolute atomic E-state index is 12.9. The predicted molar refractivity (Wildman–Crippen MR) is 463 cm³/mol. The number of esters is 2. The Bertz CT molecular complexity index is 5690. The average Bonchev–Trinajstić information content (AvgIpc) is 1.57. The third-order valence-corrected chi connectivity index (χ3v) is 28.1. The molecular formula is C87H109ClN26O17. The molecule has 44 heteroatoms. The number of benzene rings is 1. The first kappa shape index (κ1) is 87.5. The summed E-state index contributed by atoms with van der Waals surface area (Å²) < 4.78 is 103. The van der Waals surface area contributed by atoms with Crippen molar-refractivity contribution in [1.29, 1.82) is 0 Å². The summed E-state index contributed by atoms with van der Waals surface area (Å²) in [6, 6.07) is 9.15. The van der Waals surface area contributed by atoms with Gasteiger partial charge < -0.3 is 105 Å². The molecule has 14 fully saturated rings. The van der Waals surface area contributed by atoms with Crippen molar-refractivity contribution in [3.8, 4) is 0 Å². The van der Waals surface area contributed by atoms with Crippen LogP contribution in [0.15, 0.2) is 93.6 Å². The molecule has 11 aromatic rings. The molecule has 5 saturated carbocycles. The van der Waals surface area contributed by atoms with Gasteiger partial charge in [0.25, 0.3) is 0 Å². The summed E-state index contributed by atoms with van der Waals surface area (Å²) in [6.07, 6.45) is 19.0. The highest BCUT2D eigenvalue weighted by molar-refractivity contribution is 6.33. The van der Waals surface area contributed by atoms with E-state index in [9.17, 15) is 9.59 Å². The highest BCUT2D eigenvalue weighted by Gasteiger charge is 2.72. The van der Waals surface area contributed by atoms with Crippen LogP contribution in [0.4, 0.5) is 23.3 Å². The Labute approximate surface area is 755 Å². The van der Waals surface area contributed by atoms with Crippen LogP contribution in [-0.2, 0) is 75.8 Å². The fourth-order valence-corrected chi connectivity index (χ4v) is 22.3. The first-order valence-electron chi connectivity index (χ1n) is 44.5. The van der Waals surface area contributed by atoms with Crippen LogP contribution in [-0.4, -0.2) is 234 Å². The number of carbonyl (C=O) groups excluding carboxylic acids is 2. The number of hydrogen-bond acceptors (Lipinski definition) is 38. The number of aromatic nitrogens is 20. The highest BCUT2D eigenvalue weighted by atomic mass is 35.5. The van der Waals surface area contributed by atoms with Crippen molar-refractivity contribution in [2.75, 3.05) is 22.9 Å². The number of fused-ring (bicyclic) bond motifs is 13. The van der Waals surface area contributed by atoms with E-state index >= 15 is 0 Å². The molecule has 4 unspecified atom stereocenters. The summed E-state index contributed by atoms with van der Waals surface area (Å²) in [6.45, 7) is 27.4. The summed E-state index contributed by atoms with van der Waals surface area (Å²) >= 11 is 6.20. The van der Waals surface area contributed by atoms with Gasteiger partial charge in [-0.05, 0) is 151 Å². The third-order valence-electron chi connectivity index (χ3n) is 27.8. The number of carbonyl (C=O) groups is 2. The molecule has 9 aliphatic heterocycles. The Morgan fingerprint density at radius 3 is 0.992 bits per heavy atom. The van der Waals surface area contributed by atoms with Gasteiger partial charge in [0.05, 0.1) is 48.2 Å². The smallest absolute Gasteiger partial charge is 0.338 e. The topological polar surface area (TPSA) is 547 Å². The highest BCUT2D eigenvalue weighted by Crippen LogP contribution is 2.63. The number of nitrogen functional groups attached to an aromatic ring is 4. The van der Waals surface area contributed by atoms with Gasteiger partial charge in [-0.25, -0.2) is 79.6 Å².